The molecule has 0 N–H and O–H groups in total. The number of pyridine rings is 1. The average molecular weight is 503 g/mol. The Morgan fingerprint density at radius 3 is 2.15 bits per heavy atom. The number of hydrogen-bond acceptors (Lipinski definition) is 5. The number of ether oxygens (including phenoxy) is 1. The zero-order valence-electron chi connectivity index (χ0n) is 17.9. The van der Waals surface area contributed by atoms with Gasteiger partial charge < -0.3 is 4.74 Å². The molecule has 0 aliphatic heterocycles. The molecule has 0 aliphatic rings. The number of halogens is 1. The molecule has 1 heterocycles. The highest BCUT2D eigenvalue weighted by molar-refractivity contribution is 9.10. The molecule has 0 spiro atoms. The minimum absolute atomic E-state index is 0.203. The molecule has 0 unspecified atom stereocenters. The van der Waals surface area contributed by atoms with Crippen LogP contribution in [0.2, 0.25) is 0 Å². The van der Waals surface area contributed by atoms with Crippen molar-refractivity contribution in [2.75, 3.05) is 7.11 Å². The average Bonchev–Trinajstić information content (AvgIpc) is 2.84. The van der Waals surface area contributed by atoms with Gasteiger partial charge in [-0.25, -0.2) is 4.98 Å². The highest BCUT2D eigenvalue weighted by atomic mass is 79.9. The number of ketones is 1. The van der Waals surface area contributed by atoms with Gasteiger partial charge in [0.05, 0.1) is 28.9 Å². The lowest BCUT2D eigenvalue weighted by atomic mass is 9.90. The van der Waals surface area contributed by atoms with Gasteiger partial charge >= 0.3 is 5.69 Å². The summed E-state index contributed by atoms with van der Waals surface area (Å²) in [6, 6.07) is 22.7. The number of benzene rings is 3. The van der Waals surface area contributed by atoms with Gasteiger partial charge in [0.1, 0.15) is 11.4 Å². The first-order chi connectivity index (χ1) is 15.9. The first-order valence-corrected chi connectivity index (χ1v) is 10.9. The first kappa shape index (κ1) is 22.4. The third-order valence-electron chi connectivity index (χ3n) is 5.29. The molecule has 0 saturated carbocycles. The molecule has 0 amide bonds. The predicted octanol–water partition coefficient (Wildman–Crippen LogP) is 6.63. The maximum absolute atomic E-state index is 13.6. The third-order valence-corrected chi connectivity index (χ3v) is 5.82. The molecule has 0 saturated heterocycles. The fourth-order valence-electron chi connectivity index (χ4n) is 3.73. The van der Waals surface area contributed by atoms with E-state index in [9.17, 15) is 14.9 Å². The van der Waals surface area contributed by atoms with E-state index in [1.807, 2.05) is 6.07 Å². The number of nitro groups is 1. The zero-order valence-corrected chi connectivity index (χ0v) is 19.5. The monoisotopic (exact) mass is 502 g/mol. The molecule has 164 valence electrons. The first-order valence-electron chi connectivity index (χ1n) is 10.1. The molecule has 4 aromatic rings. The quantitative estimate of drug-likeness (QED) is 0.168. The molecule has 0 radical (unpaired) electrons. The van der Waals surface area contributed by atoms with Crippen molar-refractivity contribution in [2.24, 2.45) is 0 Å². The number of methoxy groups -OCH3 is 1. The predicted molar refractivity (Wildman–Crippen MR) is 131 cm³/mol. The Morgan fingerprint density at radius 1 is 0.939 bits per heavy atom. The lowest BCUT2D eigenvalue weighted by Crippen LogP contribution is -2.11. The Labute approximate surface area is 199 Å². The number of aromatic nitrogens is 1. The van der Waals surface area contributed by atoms with Crippen LogP contribution in [0.15, 0.2) is 83.3 Å². The Morgan fingerprint density at radius 2 is 1.58 bits per heavy atom. The van der Waals surface area contributed by atoms with Crippen molar-refractivity contribution in [3.63, 3.8) is 0 Å². The van der Waals surface area contributed by atoms with E-state index in [2.05, 4.69) is 20.9 Å². The summed E-state index contributed by atoms with van der Waals surface area (Å²) < 4.78 is 6.07. The van der Waals surface area contributed by atoms with Gasteiger partial charge in [0.2, 0.25) is 0 Å². The van der Waals surface area contributed by atoms with Gasteiger partial charge in [0.25, 0.3) is 0 Å². The van der Waals surface area contributed by atoms with Gasteiger partial charge in [-0.3, -0.25) is 14.9 Å². The maximum atomic E-state index is 13.6. The van der Waals surface area contributed by atoms with E-state index >= 15 is 0 Å². The van der Waals surface area contributed by atoms with Crippen molar-refractivity contribution in [3.8, 4) is 28.1 Å². The number of aryl methyl sites for hydroxylation is 1. The van der Waals surface area contributed by atoms with E-state index in [0.29, 0.717) is 28.1 Å². The van der Waals surface area contributed by atoms with Crippen LogP contribution in [0.5, 0.6) is 5.75 Å². The molecule has 1 aromatic heterocycles. The fourth-order valence-corrected chi connectivity index (χ4v) is 4.00. The molecule has 0 aliphatic carbocycles. The van der Waals surface area contributed by atoms with Gasteiger partial charge in [-0.05, 0) is 48.9 Å². The van der Waals surface area contributed by atoms with Crippen molar-refractivity contribution in [2.45, 2.75) is 6.92 Å². The van der Waals surface area contributed by atoms with Crippen LogP contribution >= 0.6 is 15.9 Å². The highest BCUT2D eigenvalue weighted by Gasteiger charge is 2.31. The van der Waals surface area contributed by atoms with Crippen molar-refractivity contribution in [3.05, 3.63) is 110 Å². The minimum Gasteiger partial charge on any atom is -0.497 e. The molecule has 0 bridgehead atoms. The number of hydrogen-bond donors (Lipinski definition) is 0. The van der Waals surface area contributed by atoms with Gasteiger partial charge in [-0.1, -0.05) is 58.4 Å². The van der Waals surface area contributed by atoms with Crippen molar-refractivity contribution in [1.29, 1.82) is 0 Å². The van der Waals surface area contributed by atoms with Crippen LogP contribution < -0.4 is 4.74 Å². The van der Waals surface area contributed by atoms with Crippen LogP contribution in [0.4, 0.5) is 5.69 Å². The minimum atomic E-state index is -0.466. The van der Waals surface area contributed by atoms with Gasteiger partial charge in [0, 0.05) is 15.6 Å². The summed E-state index contributed by atoms with van der Waals surface area (Å²) in [7, 11) is 1.55. The molecule has 7 heteroatoms. The van der Waals surface area contributed by atoms with E-state index in [4.69, 9.17) is 4.74 Å². The number of carbonyl (C=O) groups excluding carboxylic acids is 1. The summed E-state index contributed by atoms with van der Waals surface area (Å²) in [4.78, 5) is 30.1. The van der Waals surface area contributed by atoms with Crippen LogP contribution in [0.1, 0.15) is 21.6 Å². The molecule has 0 fully saturated rings. The van der Waals surface area contributed by atoms with Crippen LogP contribution in [0.3, 0.4) is 0 Å². The normalized spacial score (nSPS) is 10.6. The summed E-state index contributed by atoms with van der Waals surface area (Å²) >= 11 is 3.37. The molecule has 33 heavy (non-hydrogen) atoms. The molecular weight excluding hydrogens is 484 g/mol. The molecule has 0 atom stereocenters. The lowest BCUT2D eigenvalue weighted by molar-refractivity contribution is -0.383. The number of carbonyl (C=O) groups is 1. The van der Waals surface area contributed by atoms with Crippen molar-refractivity contribution in [1.82, 2.24) is 4.98 Å². The molecule has 4 rings (SSSR count). The standard InChI is InChI=1S/C26H19BrN2O4/c1-16-22(26(30)19-8-12-20(27)13-9-19)23(17-10-14-21(33-2)15-11-17)25(29(31)32)24(28-16)18-6-4-3-5-7-18/h3-15H,1-2H3. The second kappa shape index (κ2) is 9.34. The van der Waals surface area contributed by atoms with E-state index in [1.54, 1.807) is 86.8 Å². The highest BCUT2D eigenvalue weighted by Crippen LogP contribution is 2.42. The smallest absolute Gasteiger partial charge is 0.304 e. The number of rotatable bonds is 6. The molecular formula is C26H19BrN2O4. The van der Waals surface area contributed by atoms with Crippen LogP contribution in [0, 0.1) is 17.0 Å². The van der Waals surface area contributed by atoms with Gasteiger partial charge in [-0.2, -0.15) is 0 Å². The molecule has 6 nitrogen and oxygen atoms in total. The second-order valence-electron chi connectivity index (χ2n) is 7.33. The topological polar surface area (TPSA) is 82.3 Å². The van der Waals surface area contributed by atoms with E-state index in [0.717, 1.165) is 4.47 Å². The van der Waals surface area contributed by atoms with Gasteiger partial charge in [0.15, 0.2) is 5.78 Å². The van der Waals surface area contributed by atoms with Crippen molar-refractivity contribution < 1.29 is 14.5 Å². The summed E-state index contributed by atoms with van der Waals surface area (Å²) in [5.41, 5.74) is 2.41. The lowest BCUT2D eigenvalue weighted by Gasteiger charge is -2.16. The molecule has 3 aromatic carbocycles. The van der Waals surface area contributed by atoms with Crippen molar-refractivity contribution >= 4 is 27.4 Å². The Balaban J connectivity index is 2.07. The van der Waals surface area contributed by atoms with E-state index in [-0.39, 0.29) is 28.3 Å². The third kappa shape index (κ3) is 4.40. The Bertz CT molecular complexity index is 1340. The van der Waals surface area contributed by atoms with E-state index < -0.39 is 4.92 Å². The van der Waals surface area contributed by atoms with Crippen LogP contribution in [0.25, 0.3) is 22.4 Å². The SMILES string of the molecule is COc1ccc(-c2c(C(=O)c3ccc(Br)cc3)c(C)nc(-c3ccccc3)c2[N+](=O)[O-])cc1. The zero-order chi connectivity index (χ0) is 23.5. The summed E-state index contributed by atoms with van der Waals surface area (Å²) in [6.45, 7) is 1.70. The second-order valence-corrected chi connectivity index (χ2v) is 8.25. The summed E-state index contributed by atoms with van der Waals surface area (Å²) in [5, 5.41) is 12.4. The Hall–Kier alpha value is -3.84. The van der Waals surface area contributed by atoms with Crippen LogP contribution in [-0.4, -0.2) is 22.8 Å². The Kier molecular flexibility index (Phi) is 6.33. The van der Waals surface area contributed by atoms with Crippen LogP contribution in [-0.2, 0) is 0 Å². The van der Waals surface area contributed by atoms with E-state index in [1.165, 1.54) is 0 Å². The summed E-state index contributed by atoms with van der Waals surface area (Å²) in [5.74, 6) is 0.275. The van der Waals surface area contributed by atoms with Gasteiger partial charge in [-0.15, -0.1) is 0 Å². The maximum Gasteiger partial charge on any atom is 0.304 e. The number of nitrogens with zero attached hydrogens (tertiary/aromatic N) is 2. The summed E-state index contributed by atoms with van der Waals surface area (Å²) in [6.07, 6.45) is 0. The fraction of sp³-hybridized carbons (Fsp3) is 0.0769. The largest absolute Gasteiger partial charge is 0.497 e.